The molecule has 6 nitrogen and oxygen atoms in total. The molecule has 0 saturated heterocycles. The van der Waals surface area contributed by atoms with Crippen LogP contribution >= 0.6 is 0 Å². The number of hydrogen-bond donors (Lipinski definition) is 1. The smallest absolute Gasteiger partial charge is 0.303 e. The van der Waals surface area contributed by atoms with Gasteiger partial charge >= 0.3 is 5.97 Å². The van der Waals surface area contributed by atoms with Crippen LogP contribution in [0.4, 0.5) is 5.69 Å². The highest BCUT2D eigenvalue weighted by molar-refractivity contribution is 5.68. The van der Waals surface area contributed by atoms with Crippen molar-refractivity contribution >= 4 is 11.7 Å². The summed E-state index contributed by atoms with van der Waals surface area (Å²) in [5, 5.41) is 9.14. The zero-order chi connectivity index (χ0) is 26.6. The molecule has 196 valence electrons. The Labute approximate surface area is 223 Å². The predicted octanol–water partition coefficient (Wildman–Crippen LogP) is 6.72. The number of aryl methyl sites for hydroxylation is 3. The molecule has 0 spiro atoms. The van der Waals surface area contributed by atoms with E-state index in [2.05, 4.69) is 67.4 Å². The quantitative estimate of drug-likeness (QED) is 0.255. The highest BCUT2D eigenvalue weighted by Gasteiger charge is 2.25. The molecule has 0 radical (unpaired) electrons. The van der Waals surface area contributed by atoms with Gasteiger partial charge in [0.25, 0.3) is 0 Å². The largest absolute Gasteiger partial charge is 0.493 e. The van der Waals surface area contributed by atoms with E-state index in [0.29, 0.717) is 18.9 Å². The number of anilines is 1. The van der Waals surface area contributed by atoms with E-state index in [9.17, 15) is 4.79 Å². The number of rotatable bonds is 10. The fraction of sp³-hybridized carbons (Fsp3) is 0.312. The molecule has 1 aromatic heterocycles. The van der Waals surface area contributed by atoms with Gasteiger partial charge in [-0.05, 0) is 79.1 Å². The number of aliphatic carboxylic acids is 1. The van der Waals surface area contributed by atoms with E-state index in [1.54, 1.807) is 0 Å². The minimum absolute atomic E-state index is 0.105. The first-order chi connectivity index (χ1) is 18.4. The molecule has 0 aliphatic heterocycles. The Hall–Kier alpha value is -4.06. The van der Waals surface area contributed by atoms with Gasteiger partial charge in [0.2, 0.25) is 5.89 Å². The summed E-state index contributed by atoms with van der Waals surface area (Å²) >= 11 is 0. The van der Waals surface area contributed by atoms with Gasteiger partial charge in [0.05, 0.1) is 18.7 Å². The van der Waals surface area contributed by atoms with Crippen molar-refractivity contribution in [2.24, 2.45) is 0 Å². The van der Waals surface area contributed by atoms with Crippen LogP contribution in [0.2, 0.25) is 0 Å². The first kappa shape index (κ1) is 25.6. The van der Waals surface area contributed by atoms with Crippen molar-refractivity contribution in [3.05, 3.63) is 100 Å². The van der Waals surface area contributed by atoms with Crippen LogP contribution in [0.1, 0.15) is 52.5 Å². The summed E-state index contributed by atoms with van der Waals surface area (Å²) < 4.78 is 12.1. The summed E-state index contributed by atoms with van der Waals surface area (Å²) in [6, 6.07) is 22.8. The summed E-state index contributed by atoms with van der Waals surface area (Å²) in [5.41, 5.74) is 7.79. The summed E-state index contributed by atoms with van der Waals surface area (Å²) in [4.78, 5) is 18.2. The highest BCUT2D eigenvalue weighted by atomic mass is 16.5. The molecule has 0 fully saturated rings. The summed E-state index contributed by atoms with van der Waals surface area (Å²) in [6.07, 6.45) is 2.61. The Balaban J connectivity index is 1.23. The number of benzene rings is 3. The molecule has 0 bridgehead atoms. The van der Waals surface area contributed by atoms with E-state index in [4.69, 9.17) is 19.2 Å². The number of ether oxygens (including phenoxy) is 1. The van der Waals surface area contributed by atoms with Crippen molar-refractivity contribution in [2.45, 2.75) is 52.0 Å². The van der Waals surface area contributed by atoms with Crippen LogP contribution in [0.15, 0.2) is 71.1 Å². The fourth-order valence-corrected chi connectivity index (χ4v) is 5.34. The molecule has 0 unspecified atom stereocenters. The van der Waals surface area contributed by atoms with Gasteiger partial charge in [-0.2, -0.15) is 0 Å². The second kappa shape index (κ2) is 11.1. The van der Waals surface area contributed by atoms with Crippen LogP contribution in [0.5, 0.6) is 5.75 Å². The standard InChI is InChI=1S/C32H34N2O4/c1-21-9-10-26(18-30(21)34(3)20-23-7-5-4-6-8-23)32-33-29(22(2)38-32)15-16-37-27-13-14-28-24(17-27)11-12-25(28)19-31(35)36/h4-10,13-14,17-18,25H,11-12,15-16,19-20H2,1-3H3,(H,35,36)/t25-/m0/s1. The number of fused-ring (bicyclic) bond motifs is 1. The van der Waals surface area contributed by atoms with Crippen LogP contribution < -0.4 is 9.64 Å². The van der Waals surface area contributed by atoms with Crippen LogP contribution in [0, 0.1) is 13.8 Å². The monoisotopic (exact) mass is 510 g/mol. The molecule has 4 aromatic rings. The molecule has 5 rings (SSSR count). The van der Waals surface area contributed by atoms with Gasteiger partial charge in [-0.1, -0.05) is 42.5 Å². The third-order valence-electron chi connectivity index (χ3n) is 7.37. The average molecular weight is 511 g/mol. The Morgan fingerprint density at radius 2 is 1.92 bits per heavy atom. The lowest BCUT2D eigenvalue weighted by atomic mass is 9.98. The van der Waals surface area contributed by atoms with Crippen molar-refractivity contribution in [2.75, 3.05) is 18.6 Å². The molecule has 1 heterocycles. The van der Waals surface area contributed by atoms with E-state index in [-0.39, 0.29) is 12.3 Å². The van der Waals surface area contributed by atoms with Crippen molar-refractivity contribution < 1.29 is 19.1 Å². The average Bonchev–Trinajstić information content (AvgIpc) is 3.47. The number of carbonyl (C=O) groups is 1. The third kappa shape index (κ3) is 5.75. The Morgan fingerprint density at radius 1 is 1.11 bits per heavy atom. The molecule has 3 aromatic carbocycles. The fourth-order valence-electron chi connectivity index (χ4n) is 5.34. The second-order valence-corrected chi connectivity index (χ2v) is 10.2. The van der Waals surface area contributed by atoms with E-state index in [1.165, 1.54) is 16.7 Å². The van der Waals surface area contributed by atoms with Crippen LogP contribution in [-0.4, -0.2) is 29.7 Å². The Morgan fingerprint density at radius 3 is 2.71 bits per heavy atom. The molecule has 1 aliphatic rings. The zero-order valence-electron chi connectivity index (χ0n) is 22.2. The predicted molar refractivity (Wildman–Crippen MR) is 149 cm³/mol. The highest BCUT2D eigenvalue weighted by Crippen LogP contribution is 2.37. The molecule has 38 heavy (non-hydrogen) atoms. The lowest BCUT2D eigenvalue weighted by Crippen LogP contribution is -2.17. The van der Waals surface area contributed by atoms with Crippen LogP contribution in [0.3, 0.4) is 0 Å². The van der Waals surface area contributed by atoms with Crippen LogP contribution in [-0.2, 0) is 24.2 Å². The van der Waals surface area contributed by atoms with Gasteiger partial charge in [-0.25, -0.2) is 4.98 Å². The molecular formula is C32H34N2O4. The summed E-state index contributed by atoms with van der Waals surface area (Å²) in [6.45, 7) is 5.38. The zero-order valence-corrected chi connectivity index (χ0v) is 22.2. The first-order valence-corrected chi connectivity index (χ1v) is 13.2. The SMILES string of the molecule is Cc1ccc(-c2nc(CCOc3ccc4c(c3)CC[C@H]4CC(=O)O)c(C)o2)cc1N(C)Cc1ccccc1. The molecule has 1 aliphatic carbocycles. The van der Waals surface area contributed by atoms with Gasteiger partial charge in [0.1, 0.15) is 11.5 Å². The van der Waals surface area contributed by atoms with Crippen molar-refractivity contribution in [3.8, 4) is 17.2 Å². The minimum Gasteiger partial charge on any atom is -0.493 e. The summed E-state index contributed by atoms with van der Waals surface area (Å²) in [5.74, 6) is 1.59. The number of oxazole rings is 1. The second-order valence-electron chi connectivity index (χ2n) is 10.2. The molecular weight excluding hydrogens is 476 g/mol. The molecule has 0 saturated carbocycles. The van der Waals surface area contributed by atoms with Gasteiger partial charge in [-0.15, -0.1) is 0 Å². The van der Waals surface area contributed by atoms with E-state index in [0.717, 1.165) is 53.4 Å². The number of aromatic nitrogens is 1. The normalized spacial score (nSPS) is 14.3. The van der Waals surface area contributed by atoms with E-state index >= 15 is 0 Å². The third-order valence-corrected chi connectivity index (χ3v) is 7.37. The molecule has 1 atom stereocenters. The topological polar surface area (TPSA) is 75.8 Å². The van der Waals surface area contributed by atoms with Gasteiger partial charge in [-0.3, -0.25) is 4.79 Å². The Kier molecular flexibility index (Phi) is 7.50. The number of carboxylic acid groups (broad SMARTS) is 1. The maximum Gasteiger partial charge on any atom is 0.303 e. The van der Waals surface area contributed by atoms with Crippen molar-refractivity contribution in [1.82, 2.24) is 4.98 Å². The van der Waals surface area contributed by atoms with Crippen LogP contribution in [0.25, 0.3) is 11.5 Å². The Bertz CT molecular complexity index is 1430. The molecule has 0 amide bonds. The lowest BCUT2D eigenvalue weighted by Gasteiger charge is -2.22. The number of carboxylic acids is 1. The van der Waals surface area contributed by atoms with Crippen molar-refractivity contribution in [1.29, 1.82) is 0 Å². The minimum atomic E-state index is -0.744. The maximum atomic E-state index is 11.1. The summed E-state index contributed by atoms with van der Waals surface area (Å²) in [7, 11) is 2.11. The van der Waals surface area contributed by atoms with Crippen molar-refractivity contribution in [3.63, 3.8) is 0 Å². The van der Waals surface area contributed by atoms with Gasteiger partial charge in [0, 0.05) is 31.3 Å². The molecule has 1 N–H and O–H groups in total. The lowest BCUT2D eigenvalue weighted by molar-refractivity contribution is -0.137. The maximum absolute atomic E-state index is 11.1. The molecule has 6 heteroatoms. The van der Waals surface area contributed by atoms with Gasteiger partial charge in [0.15, 0.2) is 0 Å². The first-order valence-electron chi connectivity index (χ1n) is 13.2. The van der Waals surface area contributed by atoms with E-state index < -0.39 is 5.97 Å². The van der Waals surface area contributed by atoms with Gasteiger partial charge < -0.3 is 19.2 Å². The number of nitrogens with zero attached hydrogens (tertiary/aromatic N) is 2. The number of hydrogen-bond acceptors (Lipinski definition) is 5. The van der Waals surface area contributed by atoms with E-state index in [1.807, 2.05) is 25.1 Å².